The molecule has 3 aromatic heterocycles. The van der Waals surface area contributed by atoms with Crippen LogP contribution >= 0.6 is 11.3 Å². The van der Waals surface area contributed by atoms with E-state index in [-0.39, 0.29) is 37.6 Å². The van der Waals surface area contributed by atoms with Gasteiger partial charge in [-0.3, -0.25) is 18.7 Å². The minimum absolute atomic E-state index is 0.0200. The van der Waals surface area contributed by atoms with Gasteiger partial charge in [0.2, 0.25) is 5.91 Å². The minimum Gasteiger partial charge on any atom is -0.496 e. The van der Waals surface area contributed by atoms with E-state index in [1.807, 2.05) is 13.8 Å². The minimum atomic E-state index is -0.614. The number of hydrogen-bond donors (Lipinski definition) is 1. The maximum absolute atomic E-state index is 13.9. The van der Waals surface area contributed by atoms with Crippen molar-refractivity contribution in [3.05, 3.63) is 73.3 Å². The SMILES string of the molecule is CC.CCN(C)C(=O)Cn1c(=O)c2c(C)c(-n3nccn3)sc2n(CCc2cc(F)ccc2OC)c1=O.O=NC1CCC(O)CC1. The summed E-state index contributed by atoms with van der Waals surface area (Å²) >= 11 is 1.21. The molecule has 1 amide bonds. The Morgan fingerprint density at radius 3 is 2.39 bits per heavy atom. The molecule has 1 fully saturated rings. The van der Waals surface area contributed by atoms with Crippen LogP contribution in [0.25, 0.3) is 15.2 Å². The van der Waals surface area contributed by atoms with Crippen molar-refractivity contribution >= 4 is 27.5 Å². The third-order valence-electron chi connectivity index (χ3n) is 7.73. The molecule has 3 heterocycles. The molecule has 1 saturated carbocycles. The summed E-state index contributed by atoms with van der Waals surface area (Å²) in [6.45, 7) is 7.76. The number of thiophene rings is 1. The molecule has 1 N–H and O–H groups in total. The first-order chi connectivity index (χ1) is 22.1. The average molecular weight is 660 g/mol. The van der Waals surface area contributed by atoms with E-state index in [9.17, 15) is 23.7 Å². The summed E-state index contributed by atoms with van der Waals surface area (Å²) in [5.41, 5.74) is 0.0224. The van der Waals surface area contributed by atoms with Gasteiger partial charge in [0, 0.05) is 25.7 Å². The van der Waals surface area contributed by atoms with Gasteiger partial charge in [0.1, 0.15) is 27.9 Å². The van der Waals surface area contributed by atoms with Gasteiger partial charge in [-0.05, 0) is 69.7 Å². The lowest BCUT2D eigenvalue weighted by atomic mass is 9.94. The summed E-state index contributed by atoms with van der Waals surface area (Å²) in [7, 11) is 3.10. The lowest BCUT2D eigenvalue weighted by molar-refractivity contribution is -0.130. The van der Waals surface area contributed by atoms with E-state index < -0.39 is 17.1 Å². The summed E-state index contributed by atoms with van der Waals surface area (Å²) in [6, 6.07) is 4.16. The van der Waals surface area contributed by atoms with Crippen molar-refractivity contribution in [2.45, 2.75) is 85.0 Å². The van der Waals surface area contributed by atoms with Gasteiger partial charge in [-0.2, -0.15) is 15.1 Å². The van der Waals surface area contributed by atoms with E-state index in [1.54, 1.807) is 20.9 Å². The first-order valence-electron chi connectivity index (χ1n) is 15.3. The number of carbonyl (C=O) groups excluding carboxylic acids is 1. The van der Waals surface area contributed by atoms with Gasteiger partial charge in [-0.1, -0.05) is 30.4 Å². The zero-order valence-corrected chi connectivity index (χ0v) is 27.9. The number of aliphatic hydroxyl groups excluding tert-OH is 1. The van der Waals surface area contributed by atoms with E-state index in [0.717, 1.165) is 30.3 Å². The number of nitrogens with zero attached hydrogens (tertiary/aromatic N) is 7. The second-order valence-corrected chi connectivity index (χ2v) is 11.5. The zero-order valence-electron chi connectivity index (χ0n) is 27.1. The number of likely N-dealkylation sites (N-methyl/N-ethyl adjacent to an activating group) is 1. The number of aliphatic hydroxyl groups is 1. The number of aromatic nitrogens is 5. The van der Waals surface area contributed by atoms with Crippen LogP contribution in [0.5, 0.6) is 5.75 Å². The molecule has 13 nitrogen and oxygen atoms in total. The molecule has 1 aromatic carbocycles. The number of benzene rings is 1. The Kier molecular flexibility index (Phi) is 13.3. The first-order valence-corrected chi connectivity index (χ1v) is 16.1. The molecule has 5 rings (SSSR count). The lowest BCUT2D eigenvalue weighted by Crippen LogP contribution is -2.44. The highest BCUT2D eigenvalue weighted by Gasteiger charge is 2.23. The van der Waals surface area contributed by atoms with Crippen LogP contribution in [0.4, 0.5) is 4.39 Å². The summed E-state index contributed by atoms with van der Waals surface area (Å²) in [4.78, 5) is 52.8. The Morgan fingerprint density at radius 2 is 1.80 bits per heavy atom. The normalized spacial score (nSPS) is 15.7. The molecule has 0 atom stereocenters. The van der Waals surface area contributed by atoms with Crippen molar-refractivity contribution in [2.24, 2.45) is 5.18 Å². The quantitative estimate of drug-likeness (QED) is 0.264. The molecular formula is C31H42FN7O6S. The molecule has 0 saturated heterocycles. The Hall–Kier alpha value is -4.24. The monoisotopic (exact) mass is 659 g/mol. The maximum Gasteiger partial charge on any atom is 0.332 e. The second-order valence-electron chi connectivity index (χ2n) is 10.5. The number of methoxy groups -OCH3 is 1. The highest BCUT2D eigenvalue weighted by atomic mass is 32.1. The molecule has 1 aliphatic rings. The van der Waals surface area contributed by atoms with Crippen LogP contribution < -0.4 is 16.0 Å². The van der Waals surface area contributed by atoms with Crippen LogP contribution in [0.2, 0.25) is 0 Å². The fraction of sp³-hybridized carbons (Fsp3) is 0.516. The average Bonchev–Trinajstić information content (AvgIpc) is 3.72. The van der Waals surface area contributed by atoms with E-state index in [1.165, 1.54) is 63.3 Å². The van der Waals surface area contributed by atoms with Gasteiger partial charge < -0.3 is 14.7 Å². The molecule has 0 aliphatic heterocycles. The number of aryl methyl sites for hydroxylation is 3. The molecule has 15 heteroatoms. The molecule has 4 aromatic rings. The molecule has 0 radical (unpaired) electrons. The summed E-state index contributed by atoms with van der Waals surface area (Å²) in [5, 5.41) is 21.1. The predicted octanol–water partition coefficient (Wildman–Crippen LogP) is 4.07. The highest BCUT2D eigenvalue weighted by Crippen LogP contribution is 2.30. The summed E-state index contributed by atoms with van der Waals surface area (Å²) in [6.07, 6.45) is 6.16. The number of rotatable bonds is 9. The van der Waals surface area contributed by atoms with Gasteiger partial charge >= 0.3 is 5.69 Å². The van der Waals surface area contributed by atoms with Crippen LogP contribution in [0.15, 0.2) is 45.4 Å². The van der Waals surface area contributed by atoms with Gasteiger partial charge in [0.05, 0.1) is 37.0 Å². The van der Waals surface area contributed by atoms with Gasteiger partial charge in [0.15, 0.2) is 0 Å². The van der Waals surface area contributed by atoms with Gasteiger partial charge in [-0.25, -0.2) is 9.18 Å². The van der Waals surface area contributed by atoms with Crippen LogP contribution in [0, 0.1) is 17.6 Å². The summed E-state index contributed by atoms with van der Waals surface area (Å²) in [5.74, 6) is -0.283. The molecule has 0 bridgehead atoms. The smallest absolute Gasteiger partial charge is 0.332 e. The largest absolute Gasteiger partial charge is 0.496 e. The third-order valence-corrected chi connectivity index (χ3v) is 9.01. The Labute approximate surface area is 270 Å². The van der Waals surface area contributed by atoms with Gasteiger partial charge in [-0.15, -0.1) is 4.80 Å². The van der Waals surface area contributed by atoms with E-state index >= 15 is 0 Å². The van der Waals surface area contributed by atoms with Crippen LogP contribution in [0.1, 0.15) is 57.6 Å². The molecule has 0 spiro atoms. The lowest BCUT2D eigenvalue weighted by Gasteiger charge is -2.19. The number of nitroso groups, excluding NO2 is 1. The van der Waals surface area contributed by atoms with E-state index in [0.29, 0.717) is 38.6 Å². The standard InChI is InChI=1S/C23H25FN6O4S.C6H11NO2.C2H6/c1-5-27(3)18(31)13-29-20(32)19-14(2)21(30-25-9-10-26-30)35-22(19)28(23(29)33)11-8-15-12-16(24)6-7-17(15)34-4;8-6-3-1-5(7-9)2-4-6;1-2/h6-7,9-10,12H,5,8,11,13H2,1-4H3;5-6,8H,1-4H2;1-2H3. The van der Waals surface area contributed by atoms with Crippen LogP contribution in [0.3, 0.4) is 0 Å². The van der Waals surface area contributed by atoms with Crippen molar-refractivity contribution in [1.29, 1.82) is 0 Å². The van der Waals surface area contributed by atoms with Crippen molar-refractivity contribution in [2.75, 3.05) is 20.7 Å². The van der Waals surface area contributed by atoms with Gasteiger partial charge in [0.25, 0.3) is 5.56 Å². The molecule has 1 aliphatic carbocycles. The van der Waals surface area contributed by atoms with Crippen LogP contribution in [-0.4, -0.2) is 72.9 Å². The van der Waals surface area contributed by atoms with Crippen molar-refractivity contribution in [3.8, 4) is 10.8 Å². The molecule has 0 unspecified atom stereocenters. The zero-order chi connectivity index (χ0) is 34.0. The fourth-order valence-corrected chi connectivity index (χ4v) is 6.24. The number of hydrogen-bond acceptors (Lipinski definition) is 10. The van der Waals surface area contributed by atoms with E-state index in [4.69, 9.17) is 9.84 Å². The predicted molar refractivity (Wildman–Crippen MR) is 175 cm³/mol. The Morgan fingerprint density at radius 1 is 1.15 bits per heavy atom. The number of ether oxygens (including phenoxy) is 1. The fourth-order valence-electron chi connectivity index (χ4n) is 5.00. The molecular weight excluding hydrogens is 617 g/mol. The molecule has 250 valence electrons. The number of amides is 1. The van der Waals surface area contributed by atoms with Crippen molar-refractivity contribution in [1.82, 2.24) is 29.0 Å². The number of carbonyl (C=O) groups is 1. The highest BCUT2D eigenvalue weighted by molar-refractivity contribution is 7.21. The maximum atomic E-state index is 13.9. The van der Waals surface area contributed by atoms with Crippen molar-refractivity contribution in [3.63, 3.8) is 0 Å². The Balaban J connectivity index is 0.000000446. The van der Waals surface area contributed by atoms with E-state index in [2.05, 4.69) is 15.4 Å². The van der Waals surface area contributed by atoms with Crippen LogP contribution in [-0.2, 0) is 24.3 Å². The third kappa shape index (κ3) is 8.31. The second kappa shape index (κ2) is 16.9. The van der Waals surface area contributed by atoms with Crippen molar-refractivity contribution < 1.29 is 19.0 Å². The topological polar surface area (TPSA) is 154 Å². The summed E-state index contributed by atoms with van der Waals surface area (Å²) < 4.78 is 21.6. The first kappa shape index (κ1) is 36.2. The number of halogens is 1. The Bertz CT molecular complexity index is 1730. The molecule has 46 heavy (non-hydrogen) atoms. The number of fused-ring (bicyclic) bond motifs is 1.